The normalized spacial score (nSPS) is 12.4. The predicted molar refractivity (Wildman–Crippen MR) is 51.8 cm³/mol. The summed E-state index contributed by atoms with van der Waals surface area (Å²) in [5.74, 6) is -0.287. The average Bonchev–Trinajstić information content (AvgIpc) is 2.29. The van der Waals surface area contributed by atoms with Crippen molar-refractivity contribution in [3.05, 3.63) is 10.6 Å². The van der Waals surface area contributed by atoms with Crippen LogP contribution in [-0.4, -0.2) is 14.8 Å². The Morgan fingerprint density at radius 2 is 2.07 bits per heavy atom. The number of hydrogen-bond donors (Lipinski definition) is 1. The van der Waals surface area contributed by atoms with Crippen LogP contribution in [0.3, 0.4) is 0 Å². The van der Waals surface area contributed by atoms with Gasteiger partial charge in [0.05, 0.1) is 0 Å². The lowest BCUT2D eigenvalue weighted by molar-refractivity contribution is 0.131. The highest BCUT2D eigenvalue weighted by atomic mass is 32.1. The van der Waals surface area contributed by atoms with Crippen molar-refractivity contribution in [2.45, 2.75) is 33.7 Å². The van der Waals surface area contributed by atoms with E-state index in [0.29, 0.717) is 6.54 Å². The maximum Gasteiger partial charge on any atom is 0.297 e. The van der Waals surface area contributed by atoms with Crippen LogP contribution in [0.4, 0.5) is 8.78 Å². The molecule has 0 radical (unpaired) electrons. The molecule has 1 rings (SSSR count). The topological polar surface area (TPSA) is 33.6 Å². The number of aromatic nitrogens is 3. The number of halogens is 2. The Morgan fingerprint density at radius 3 is 2.50 bits per heavy atom. The Bertz CT molecular complexity index is 361. The average molecular weight is 221 g/mol. The monoisotopic (exact) mass is 221 g/mol. The molecule has 0 saturated carbocycles. The van der Waals surface area contributed by atoms with Crippen LogP contribution in [0.1, 0.15) is 33.0 Å². The molecule has 0 unspecified atom stereocenters. The minimum absolute atomic E-state index is 0.105. The third-order valence-corrected chi connectivity index (χ3v) is 1.93. The van der Waals surface area contributed by atoms with Crippen LogP contribution in [0.5, 0.6) is 0 Å². The second kappa shape index (κ2) is 3.76. The molecule has 0 aliphatic rings. The second-order valence-corrected chi connectivity index (χ2v) is 4.72. The third-order valence-electron chi connectivity index (χ3n) is 1.62. The molecular formula is C8H13F2N3S. The summed E-state index contributed by atoms with van der Waals surface area (Å²) < 4.78 is 26.5. The minimum atomic E-state index is -2.59. The Labute approximate surface area is 86.1 Å². The van der Waals surface area contributed by atoms with Crippen LogP contribution in [0.15, 0.2) is 0 Å². The summed E-state index contributed by atoms with van der Waals surface area (Å²) in [7, 11) is 0. The van der Waals surface area contributed by atoms with E-state index in [4.69, 9.17) is 12.2 Å². The van der Waals surface area contributed by atoms with Crippen LogP contribution in [-0.2, 0) is 6.54 Å². The highest BCUT2D eigenvalue weighted by Gasteiger charge is 2.20. The third kappa shape index (κ3) is 2.60. The van der Waals surface area contributed by atoms with E-state index < -0.39 is 6.43 Å². The Balaban J connectivity index is 3.06. The number of nitrogens with zero attached hydrogens (tertiary/aromatic N) is 2. The molecule has 0 bridgehead atoms. The maximum atomic E-state index is 12.5. The fourth-order valence-corrected chi connectivity index (χ4v) is 1.33. The minimum Gasteiger partial charge on any atom is -0.299 e. The van der Waals surface area contributed by atoms with Crippen LogP contribution in [0, 0.1) is 10.2 Å². The van der Waals surface area contributed by atoms with Crippen molar-refractivity contribution >= 4 is 12.2 Å². The molecule has 3 nitrogen and oxygen atoms in total. The van der Waals surface area contributed by atoms with Crippen LogP contribution >= 0.6 is 12.2 Å². The molecule has 0 saturated heterocycles. The van der Waals surface area contributed by atoms with Crippen molar-refractivity contribution in [1.29, 1.82) is 0 Å². The van der Waals surface area contributed by atoms with E-state index in [0.717, 1.165) is 0 Å². The first-order valence-corrected chi connectivity index (χ1v) is 4.65. The maximum absolute atomic E-state index is 12.5. The second-order valence-electron chi connectivity index (χ2n) is 4.33. The van der Waals surface area contributed by atoms with Gasteiger partial charge >= 0.3 is 0 Å². The van der Waals surface area contributed by atoms with Gasteiger partial charge in [-0.3, -0.25) is 9.67 Å². The number of rotatable bonds is 2. The first kappa shape index (κ1) is 11.3. The molecule has 14 heavy (non-hydrogen) atoms. The molecule has 0 aliphatic carbocycles. The lowest BCUT2D eigenvalue weighted by Crippen LogP contribution is -2.17. The van der Waals surface area contributed by atoms with Crippen molar-refractivity contribution in [2.24, 2.45) is 5.41 Å². The van der Waals surface area contributed by atoms with Gasteiger partial charge in [0.15, 0.2) is 10.6 Å². The van der Waals surface area contributed by atoms with Gasteiger partial charge in [-0.25, -0.2) is 8.78 Å². The lowest BCUT2D eigenvalue weighted by Gasteiger charge is -2.19. The Morgan fingerprint density at radius 1 is 1.50 bits per heavy atom. The van der Waals surface area contributed by atoms with E-state index in [1.807, 2.05) is 20.8 Å². The molecule has 0 spiro atoms. The molecule has 1 N–H and O–H groups in total. The first-order chi connectivity index (χ1) is 6.31. The zero-order valence-electron chi connectivity index (χ0n) is 8.34. The predicted octanol–water partition coefficient (Wildman–Crippen LogP) is 2.92. The van der Waals surface area contributed by atoms with E-state index in [9.17, 15) is 8.78 Å². The summed E-state index contributed by atoms with van der Waals surface area (Å²) >= 11 is 4.87. The van der Waals surface area contributed by atoms with E-state index in [1.165, 1.54) is 4.57 Å². The summed E-state index contributed by atoms with van der Waals surface area (Å²) in [6.07, 6.45) is -2.59. The van der Waals surface area contributed by atoms with Gasteiger partial charge < -0.3 is 0 Å². The molecule has 0 fully saturated rings. The van der Waals surface area contributed by atoms with Gasteiger partial charge in [0.2, 0.25) is 0 Å². The van der Waals surface area contributed by atoms with E-state index in [-0.39, 0.29) is 16.0 Å². The largest absolute Gasteiger partial charge is 0.299 e. The number of nitrogens with one attached hydrogen (secondary N) is 1. The Hall–Kier alpha value is -0.780. The molecule has 1 heterocycles. The number of H-pyrrole nitrogens is 1. The number of hydrogen-bond acceptors (Lipinski definition) is 2. The van der Waals surface area contributed by atoms with Gasteiger partial charge in [-0.2, -0.15) is 5.10 Å². The van der Waals surface area contributed by atoms with Gasteiger partial charge in [0, 0.05) is 6.54 Å². The van der Waals surface area contributed by atoms with Crippen molar-refractivity contribution in [3.63, 3.8) is 0 Å². The van der Waals surface area contributed by atoms with Crippen LogP contribution in [0.25, 0.3) is 0 Å². The lowest BCUT2D eigenvalue weighted by atomic mass is 9.97. The molecule has 0 aliphatic heterocycles. The number of aromatic amines is 1. The molecule has 0 atom stereocenters. The molecule has 6 heteroatoms. The Kier molecular flexibility index (Phi) is 3.04. The number of alkyl halides is 2. The fraction of sp³-hybridized carbons (Fsp3) is 0.750. The van der Waals surface area contributed by atoms with E-state index >= 15 is 0 Å². The van der Waals surface area contributed by atoms with Gasteiger partial charge in [0.1, 0.15) is 0 Å². The standard InChI is InChI=1S/C8H13F2N3S/c1-8(2,3)4-13-6(5(9)10)11-12-7(13)14/h5H,4H2,1-3H3,(H,12,14). The summed E-state index contributed by atoms with van der Waals surface area (Å²) in [6.45, 7) is 6.30. The summed E-state index contributed by atoms with van der Waals surface area (Å²) in [6, 6.07) is 0. The summed E-state index contributed by atoms with van der Waals surface area (Å²) in [5.41, 5.74) is -0.105. The summed E-state index contributed by atoms with van der Waals surface area (Å²) in [4.78, 5) is 0. The zero-order chi connectivity index (χ0) is 10.9. The van der Waals surface area contributed by atoms with Crippen molar-refractivity contribution < 1.29 is 8.78 Å². The summed E-state index contributed by atoms with van der Waals surface area (Å²) in [5, 5.41) is 5.87. The highest BCUT2D eigenvalue weighted by Crippen LogP contribution is 2.22. The van der Waals surface area contributed by atoms with E-state index in [2.05, 4.69) is 10.2 Å². The van der Waals surface area contributed by atoms with Gasteiger partial charge in [-0.05, 0) is 17.6 Å². The van der Waals surface area contributed by atoms with Crippen LogP contribution in [0.2, 0.25) is 0 Å². The molecule has 0 aromatic carbocycles. The fourth-order valence-electron chi connectivity index (χ4n) is 1.12. The van der Waals surface area contributed by atoms with Gasteiger partial charge in [-0.1, -0.05) is 20.8 Å². The molecule has 0 amide bonds. The highest BCUT2D eigenvalue weighted by molar-refractivity contribution is 7.71. The quantitative estimate of drug-likeness (QED) is 0.779. The SMILES string of the molecule is CC(C)(C)Cn1c(C(F)F)n[nH]c1=S. The molecule has 1 aromatic rings. The van der Waals surface area contributed by atoms with Gasteiger partial charge in [0.25, 0.3) is 6.43 Å². The molecule has 80 valence electrons. The molecular weight excluding hydrogens is 208 g/mol. The van der Waals surface area contributed by atoms with Crippen molar-refractivity contribution in [1.82, 2.24) is 14.8 Å². The van der Waals surface area contributed by atoms with Crippen LogP contribution < -0.4 is 0 Å². The van der Waals surface area contributed by atoms with Crippen molar-refractivity contribution in [2.75, 3.05) is 0 Å². The smallest absolute Gasteiger partial charge is 0.297 e. The van der Waals surface area contributed by atoms with Crippen molar-refractivity contribution in [3.8, 4) is 0 Å². The zero-order valence-corrected chi connectivity index (χ0v) is 9.16. The van der Waals surface area contributed by atoms with E-state index in [1.54, 1.807) is 0 Å². The first-order valence-electron chi connectivity index (χ1n) is 4.24. The van der Waals surface area contributed by atoms with Gasteiger partial charge in [-0.15, -0.1) is 0 Å². The molecule has 1 aromatic heterocycles.